The van der Waals surface area contributed by atoms with Crippen molar-refractivity contribution in [2.45, 2.75) is 25.5 Å². The third-order valence-corrected chi connectivity index (χ3v) is 5.75. The number of sulfone groups is 1. The zero-order valence-corrected chi connectivity index (χ0v) is 16.6. The highest BCUT2D eigenvalue weighted by Gasteiger charge is 2.16. The van der Waals surface area contributed by atoms with Gasteiger partial charge in [0.25, 0.3) is 5.91 Å². The van der Waals surface area contributed by atoms with Gasteiger partial charge in [0.2, 0.25) is 0 Å². The monoisotopic (exact) mass is 386 g/mol. The van der Waals surface area contributed by atoms with Crippen molar-refractivity contribution in [3.05, 3.63) is 59.7 Å². The standard InChI is InChI=1S/C21H26N2O3S/c1-16-10-12-23(13-11-16)20-8-6-19(7-9-20)22-21(24)18-5-3-4-17(14-18)15-27(2,25)26/h3-9,14,16H,10-13,15H2,1-2H3,(H,22,24). The summed E-state index contributed by atoms with van der Waals surface area (Å²) in [5.74, 6) is 0.472. The number of carbonyl (C=O) groups excluding carboxylic acids is 1. The Labute approximate surface area is 161 Å². The maximum absolute atomic E-state index is 12.5. The normalized spacial score (nSPS) is 15.6. The van der Waals surface area contributed by atoms with Gasteiger partial charge in [-0.1, -0.05) is 19.1 Å². The number of rotatable bonds is 5. The first-order valence-electron chi connectivity index (χ1n) is 9.23. The fourth-order valence-corrected chi connectivity index (χ4v) is 4.12. The summed E-state index contributed by atoms with van der Waals surface area (Å²) in [4.78, 5) is 14.9. The van der Waals surface area contributed by atoms with Gasteiger partial charge in [0.1, 0.15) is 0 Å². The Hall–Kier alpha value is -2.34. The number of amides is 1. The van der Waals surface area contributed by atoms with Crippen LogP contribution in [0, 0.1) is 5.92 Å². The Bertz CT molecular complexity index is 899. The minimum Gasteiger partial charge on any atom is -0.372 e. The molecule has 27 heavy (non-hydrogen) atoms. The van der Waals surface area contributed by atoms with Crippen LogP contribution in [-0.4, -0.2) is 33.7 Å². The van der Waals surface area contributed by atoms with Crippen molar-refractivity contribution < 1.29 is 13.2 Å². The highest BCUT2D eigenvalue weighted by Crippen LogP contribution is 2.24. The zero-order chi connectivity index (χ0) is 19.4. The topological polar surface area (TPSA) is 66.5 Å². The lowest BCUT2D eigenvalue weighted by atomic mass is 9.99. The van der Waals surface area contributed by atoms with Crippen LogP contribution in [0.1, 0.15) is 35.7 Å². The van der Waals surface area contributed by atoms with E-state index in [0.29, 0.717) is 11.1 Å². The molecule has 2 aromatic rings. The Morgan fingerprint density at radius 1 is 1.11 bits per heavy atom. The molecule has 1 saturated heterocycles. The molecule has 0 saturated carbocycles. The molecule has 0 aliphatic carbocycles. The smallest absolute Gasteiger partial charge is 0.255 e. The molecule has 5 nitrogen and oxygen atoms in total. The first kappa shape index (κ1) is 19.4. The number of benzene rings is 2. The van der Waals surface area contributed by atoms with Gasteiger partial charge in [-0.15, -0.1) is 0 Å². The molecular formula is C21H26N2O3S. The van der Waals surface area contributed by atoms with Crippen LogP contribution in [0.25, 0.3) is 0 Å². The summed E-state index contributed by atoms with van der Waals surface area (Å²) in [6.45, 7) is 4.43. The van der Waals surface area contributed by atoms with Gasteiger partial charge in [0, 0.05) is 36.3 Å². The zero-order valence-electron chi connectivity index (χ0n) is 15.8. The van der Waals surface area contributed by atoms with Crippen LogP contribution in [0.2, 0.25) is 0 Å². The SMILES string of the molecule is CC1CCN(c2ccc(NC(=O)c3cccc(CS(C)(=O)=O)c3)cc2)CC1. The quantitative estimate of drug-likeness (QED) is 0.850. The van der Waals surface area contributed by atoms with E-state index in [-0.39, 0.29) is 11.7 Å². The van der Waals surface area contributed by atoms with Gasteiger partial charge in [-0.3, -0.25) is 4.79 Å². The first-order chi connectivity index (χ1) is 12.8. The van der Waals surface area contributed by atoms with Crippen molar-refractivity contribution in [2.24, 2.45) is 5.92 Å². The number of piperidine rings is 1. The van der Waals surface area contributed by atoms with Crippen LogP contribution in [-0.2, 0) is 15.6 Å². The second kappa shape index (κ2) is 8.13. The Morgan fingerprint density at radius 3 is 2.41 bits per heavy atom. The summed E-state index contributed by atoms with van der Waals surface area (Å²) in [7, 11) is -3.13. The van der Waals surface area contributed by atoms with E-state index in [2.05, 4.69) is 17.1 Å². The molecule has 0 bridgehead atoms. The first-order valence-corrected chi connectivity index (χ1v) is 11.3. The van der Waals surface area contributed by atoms with E-state index in [1.807, 2.05) is 24.3 Å². The predicted molar refractivity (Wildman–Crippen MR) is 110 cm³/mol. The van der Waals surface area contributed by atoms with Gasteiger partial charge < -0.3 is 10.2 Å². The number of hydrogen-bond acceptors (Lipinski definition) is 4. The number of nitrogens with zero attached hydrogens (tertiary/aromatic N) is 1. The molecule has 1 N–H and O–H groups in total. The van der Waals surface area contributed by atoms with Crippen molar-refractivity contribution in [3.8, 4) is 0 Å². The molecule has 6 heteroatoms. The van der Waals surface area contributed by atoms with Crippen molar-refractivity contribution in [3.63, 3.8) is 0 Å². The number of carbonyl (C=O) groups is 1. The maximum Gasteiger partial charge on any atom is 0.255 e. The average Bonchev–Trinajstić information content (AvgIpc) is 2.62. The lowest BCUT2D eigenvalue weighted by Crippen LogP contribution is -2.32. The molecule has 0 atom stereocenters. The molecule has 1 aliphatic rings. The molecule has 1 amide bonds. The summed E-state index contributed by atoms with van der Waals surface area (Å²) >= 11 is 0. The van der Waals surface area contributed by atoms with Crippen LogP contribution in [0.15, 0.2) is 48.5 Å². The summed E-state index contributed by atoms with van der Waals surface area (Å²) in [6.07, 6.45) is 3.61. The Kier molecular flexibility index (Phi) is 5.85. The molecule has 0 radical (unpaired) electrons. The van der Waals surface area contributed by atoms with E-state index in [1.54, 1.807) is 24.3 Å². The molecule has 2 aromatic carbocycles. The van der Waals surface area contributed by atoms with Crippen molar-refractivity contribution in [1.82, 2.24) is 0 Å². The minimum absolute atomic E-state index is 0.0722. The second-order valence-electron chi connectivity index (χ2n) is 7.44. The van der Waals surface area contributed by atoms with E-state index < -0.39 is 9.84 Å². The molecule has 144 valence electrons. The summed E-state index contributed by atoms with van der Waals surface area (Å²) in [6, 6.07) is 14.6. The van der Waals surface area contributed by atoms with Crippen LogP contribution >= 0.6 is 0 Å². The van der Waals surface area contributed by atoms with E-state index in [4.69, 9.17) is 0 Å². The van der Waals surface area contributed by atoms with Gasteiger partial charge in [-0.25, -0.2) is 8.42 Å². The lowest BCUT2D eigenvalue weighted by Gasteiger charge is -2.32. The molecule has 0 aromatic heterocycles. The Morgan fingerprint density at radius 2 is 1.78 bits per heavy atom. The van der Waals surface area contributed by atoms with Crippen LogP contribution < -0.4 is 10.2 Å². The number of anilines is 2. The Balaban J connectivity index is 1.65. The average molecular weight is 387 g/mol. The van der Waals surface area contributed by atoms with Gasteiger partial charge in [-0.05, 0) is 60.7 Å². The van der Waals surface area contributed by atoms with E-state index in [1.165, 1.54) is 24.8 Å². The molecule has 1 fully saturated rings. The molecule has 0 unspecified atom stereocenters. The largest absolute Gasteiger partial charge is 0.372 e. The van der Waals surface area contributed by atoms with Crippen molar-refractivity contribution in [1.29, 1.82) is 0 Å². The molecule has 3 rings (SSSR count). The fourth-order valence-electron chi connectivity index (χ4n) is 3.33. The number of hydrogen-bond donors (Lipinski definition) is 1. The van der Waals surface area contributed by atoms with Crippen molar-refractivity contribution >= 4 is 27.1 Å². The lowest BCUT2D eigenvalue weighted by molar-refractivity contribution is 0.102. The third kappa shape index (κ3) is 5.57. The van der Waals surface area contributed by atoms with Gasteiger partial charge >= 0.3 is 0 Å². The second-order valence-corrected chi connectivity index (χ2v) is 9.58. The van der Waals surface area contributed by atoms with Crippen LogP contribution in [0.5, 0.6) is 0 Å². The highest BCUT2D eigenvalue weighted by atomic mass is 32.2. The van der Waals surface area contributed by atoms with Gasteiger partial charge in [-0.2, -0.15) is 0 Å². The molecule has 1 heterocycles. The molecule has 1 aliphatic heterocycles. The summed E-state index contributed by atoms with van der Waals surface area (Å²) in [5, 5.41) is 2.88. The van der Waals surface area contributed by atoms with E-state index in [0.717, 1.165) is 24.7 Å². The molecule has 0 spiro atoms. The fraction of sp³-hybridized carbons (Fsp3) is 0.381. The number of nitrogens with one attached hydrogen (secondary N) is 1. The van der Waals surface area contributed by atoms with E-state index >= 15 is 0 Å². The predicted octanol–water partition coefficient (Wildman–Crippen LogP) is 3.72. The third-order valence-electron chi connectivity index (χ3n) is 4.89. The summed E-state index contributed by atoms with van der Waals surface area (Å²) in [5.41, 5.74) is 2.96. The minimum atomic E-state index is -3.13. The van der Waals surface area contributed by atoms with Crippen LogP contribution in [0.3, 0.4) is 0 Å². The highest BCUT2D eigenvalue weighted by molar-refractivity contribution is 7.89. The van der Waals surface area contributed by atoms with E-state index in [9.17, 15) is 13.2 Å². The summed E-state index contributed by atoms with van der Waals surface area (Å²) < 4.78 is 22.9. The van der Waals surface area contributed by atoms with Crippen molar-refractivity contribution in [2.75, 3.05) is 29.6 Å². The maximum atomic E-state index is 12.5. The van der Waals surface area contributed by atoms with Gasteiger partial charge in [0.05, 0.1) is 5.75 Å². The van der Waals surface area contributed by atoms with Crippen LogP contribution in [0.4, 0.5) is 11.4 Å². The molecular weight excluding hydrogens is 360 g/mol. The van der Waals surface area contributed by atoms with Gasteiger partial charge in [0.15, 0.2) is 9.84 Å².